The molecule has 0 fully saturated rings. The number of fused-ring (bicyclic) bond motifs is 3. The van der Waals surface area contributed by atoms with Gasteiger partial charge in [-0.15, -0.1) is 0 Å². The predicted molar refractivity (Wildman–Crippen MR) is 192 cm³/mol. The molecule has 0 aliphatic carbocycles. The molecule has 0 saturated carbocycles. The topological polar surface area (TPSA) is 17.0 Å². The van der Waals surface area contributed by atoms with E-state index in [2.05, 4.69) is 115 Å². The molecule has 6 rings (SSSR count). The van der Waals surface area contributed by atoms with Crippen LogP contribution >= 0.6 is 0 Å². The van der Waals surface area contributed by atoms with Crippen LogP contribution in [0.1, 0.15) is 65.9 Å². The molecule has 4 aromatic carbocycles. The van der Waals surface area contributed by atoms with Gasteiger partial charge in [-0.25, -0.2) is 4.57 Å². The highest BCUT2D eigenvalue weighted by Crippen LogP contribution is 2.43. The maximum absolute atomic E-state index is 8.69. The Kier molecular flexibility index (Phi) is 6.73. The Bertz CT molecular complexity index is 2100. The zero-order valence-corrected chi connectivity index (χ0v) is 28.6. The fourth-order valence-corrected chi connectivity index (χ4v) is 7.75. The Balaban J connectivity index is 1.71. The number of aromatic nitrogens is 1. The molecule has 2 nitrogen and oxygen atoms in total. The third-order valence-corrected chi connectivity index (χ3v) is 11.1. The summed E-state index contributed by atoms with van der Waals surface area (Å²) in [6.07, 6.45) is 1.83. The molecule has 0 spiro atoms. The summed E-state index contributed by atoms with van der Waals surface area (Å²) in [5, 5.41) is 3.52. The van der Waals surface area contributed by atoms with Crippen molar-refractivity contribution in [1.29, 1.82) is 0 Å². The van der Waals surface area contributed by atoms with Crippen molar-refractivity contribution >= 4 is 35.2 Å². The summed E-state index contributed by atoms with van der Waals surface area (Å²) in [6.45, 7) is 15.8. The second kappa shape index (κ2) is 11.2. The van der Waals surface area contributed by atoms with Gasteiger partial charge >= 0.3 is 0 Å². The van der Waals surface area contributed by atoms with Gasteiger partial charge in [0, 0.05) is 32.1 Å². The SMILES string of the molecule is [2H]C([2H])([2H])c1c[n+](C)c(-c2c(C)ccc3c2oc2c(-c4ccccc4)cccc23)cc1-c1c(C(C)C)cc([Si](C)(C)C)cc1C(C)C. The van der Waals surface area contributed by atoms with E-state index in [1.807, 2.05) is 36.0 Å². The molecule has 6 aromatic rings. The standard InChI is InChI=1S/C41H46NOSi/c1-25(2)34-21-30(44(8,9)10)22-35(26(3)4)39(34)36-23-37(42(7)24-28(36)6)38-27(5)19-20-33-32-18-14-17-31(40(32)43-41(33)38)29-15-12-11-13-16-29/h11-26H,1-10H3/q+1/i6D3. The summed E-state index contributed by atoms with van der Waals surface area (Å²) in [5.74, 6) is 0.440. The molecule has 0 amide bonds. The van der Waals surface area contributed by atoms with Crippen molar-refractivity contribution in [3.8, 4) is 33.5 Å². The number of rotatable bonds is 6. The lowest BCUT2D eigenvalue weighted by Gasteiger charge is -2.27. The maximum Gasteiger partial charge on any atom is 0.216 e. The van der Waals surface area contributed by atoms with Gasteiger partial charge in [0.25, 0.3) is 0 Å². The van der Waals surface area contributed by atoms with E-state index in [0.717, 1.165) is 61.0 Å². The monoisotopic (exact) mass is 599 g/mol. The molecule has 0 aliphatic heterocycles. The molecule has 3 heteroatoms. The van der Waals surface area contributed by atoms with Crippen LogP contribution < -0.4 is 9.75 Å². The van der Waals surface area contributed by atoms with E-state index in [1.165, 1.54) is 16.3 Å². The van der Waals surface area contributed by atoms with Crippen LogP contribution in [0.5, 0.6) is 0 Å². The molecule has 0 aliphatic rings. The number of pyridine rings is 1. The van der Waals surface area contributed by atoms with Gasteiger partial charge in [0.1, 0.15) is 18.2 Å². The van der Waals surface area contributed by atoms with Gasteiger partial charge in [0.15, 0.2) is 6.20 Å². The minimum atomic E-state index is -2.30. The number of hydrogen-bond acceptors (Lipinski definition) is 1. The maximum atomic E-state index is 8.69. The van der Waals surface area contributed by atoms with Crippen LogP contribution in [-0.4, -0.2) is 8.07 Å². The molecule has 44 heavy (non-hydrogen) atoms. The van der Waals surface area contributed by atoms with Crippen molar-refractivity contribution in [2.75, 3.05) is 0 Å². The summed E-state index contributed by atoms with van der Waals surface area (Å²) in [7, 11) is 0.304. The molecule has 0 N–H and O–H groups in total. The molecule has 0 saturated heterocycles. The molecule has 224 valence electrons. The number of aryl methyl sites for hydroxylation is 3. The molecule has 0 unspecified atom stereocenters. The van der Waals surface area contributed by atoms with Crippen molar-refractivity contribution in [3.63, 3.8) is 0 Å². The molecular weight excluding hydrogens is 551 g/mol. The van der Waals surface area contributed by atoms with E-state index in [4.69, 9.17) is 8.53 Å². The zero-order chi connectivity index (χ0) is 34.0. The van der Waals surface area contributed by atoms with Gasteiger partial charge in [-0.3, -0.25) is 0 Å². The number of benzene rings is 4. The predicted octanol–water partition coefficient (Wildman–Crippen LogP) is 10.8. The van der Waals surface area contributed by atoms with Gasteiger partial charge in [-0.2, -0.15) is 0 Å². The second-order valence-electron chi connectivity index (χ2n) is 14.0. The Hall–Kier alpha value is -3.95. The lowest BCUT2D eigenvalue weighted by Crippen LogP contribution is -2.38. The quantitative estimate of drug-likeness (QED) is 0.137. The van der Waals surface area contributed by atoms with Gasteiger partial charge < -0.3 is 4.42 Å². The lowest BCUT2D eigenvalue weighted by molar-refractivity contribution is -0.660. The van der Waals surface area contributed by atoms with E-state index in [0.29, 0.717) is 5.56 Å². The fourth-order valence-electron chi connectivity index (χ4n) is 6.57. The van der Waals surface area contributed by atoms with E-state index in [1.54, 1.807) is 0 Å². The smallest absolute Gasteiger partial charge is 0.216 e. The van der Waals surface area contributed by atoms with Crippen molar-refractivity contribution in [3.05, 3.63) is 107 Å². The van der Waals surface area contributed by atoms with Gasteiger partial charge in [-0.1, -0.05) is 125 Å². The highest BCUT2D eigenvalue weighted by Gasteiger charge is 2.28. The van der Waals surface area contributed by atoms with Crippen LogP contribution in [0.15, 0.2) is 89.5 Å². The van der Waals surface area contributed by atoms with Crippen LogP contribution in [0.2, 0.25) is 19.6 Å². The van der Waals surface area contributed by atoms with Crippen molar-refractivity contribution in [2.45, 2.75) is 72.9 Å². The summed E-state index contributed by atoms with van der Waals surface area (Å²) in [4.78, 5) is 0. The van der Waals surface area contributed by atoms with Crippen molar-refractivity contribution in [1.82, 2.24) is 0 Å². The van der Waals surface area contributed by atoms with E-state index < -0.39 is 14.9 Å². The van der Waals surface area contributed by atoms with Crippen LogP contribution in [0, 0.1) is 13.8 Å². The average Bonchev–Trinajstić information content (AvgIpc) is 3.38. The van der Waals surface area contributed by atoms with Crippen molar-refractivity contribution in [2.24, 2.45) is 7.05 Å². The van der Waals surface area contributed by atoms with Crippen LogP contribution in [-0.2, 0) is 7.05 Å². The Morgan fingerprint density at radius 2 is 1.36 bits per heavy atom. The van der Waals surface area contributed by atoms with Crippen LogP contribution in [0.25, 0.3) is 55.4 Å². The van der Waals surface area contributed by atoms with E-state index in [9.17, 15) is 0 Å². The summed E-state index contributed by atoms with van der Waals surface area (Å²) >= 11 is 0. The van der Waals surface area contributed by atoms with Crippen LogP contribution in [0.3, 0.4) is 0 Å². The molecule has 0 radical (unpaired) electrons. The third kappa shape index (κ3) is 5.11. The van der Waals surface area contributed by atoms with Gasteiger partial charge in [0.05, 0.1) is 13.6 Å². The summed E-state index contributed by atoms with van der Waals surface area (Å²) in [5.41, 5.74) is 11.4. The van der Waals surface area contributed by atoms with E-state index in [-0.39, 0.29) is 11.8 Å². The molecule has 0 bridgehead atoms. The zero-order valence-electron chi connectivity index (χ0n) is 30.6. The third-order valence-electron chi connectivity index (χ3n) is 9.07. The first-order chi connectivity index (χ1) is 22.1. The fraction of sp³-hybridized carbons (Fsp3) is 0.293. The first-order valence-electron chi connectivity index (χ1n) is 17.3. The Morgan fingerprint density at radius 3 is 1.98 bits per heavy atom. The Morgan fingerprint density at radius 1 is 0.705 bits per heavy atom. The number of para-hydroxylation sites is 1. The number of nitrogens with zero attached hydrogens (tertiary/aromatic N) is 1. The van der Waals surface area contributed by atoms with Crippen molar-refractivity contribution < 1.29 is 13.1 Å². The molecular formula is C41H46NOSi+. The lowest BCUT2D eigenvalue weighted by atomic mass is 9.83. The minimum Gasteiger partial charge on any atom is -0.454 e. The van der Waals surface area contributed by atoms with Gasteiger partial charge in [0.2, 0.25) is 5.69 Å². The second-order valence-corrected chi connectivity index (χ2v) is 19.0. The minimum absolute atomic E-state index is 0.220. The van der Waals surface area contributed by atoms with E-state index >= 15 is 0 Å². The highest BCUT2D eigenvalue weighted by molar-refractivity contribution is 6.88. The number of furan rings is 1. The largest absolute Gasteiger partial charge is 0.454 e. The highest BCUT2D eigenvalue weighted by atomic mass is 28.3. The van der Waals surface area contributed by atoms with Gasteiger partial charge in [-0.05, 0) is 59.0 Å². The first kappa shape index (κ1) is 26.4. The summed E-state index contributed by atoms with van der Waals surface area (Å²) in [6, 6.07) is 27.8. The molecule has 2 heterocycles. The molecule has 2 aromatic heterocycles. The van der Waals surface area contributed by atoms with Crippen LogP contribution in [0.4, 0.5) is 0 Å². The average molecular weight is 600 g/mol. The normalized spacial score (nSPS) is 13.6. The molecule has 0 atom stereocenters. The first-order valence-corrected chi connectivity index (χ1v) is 19.3. The Labute approximate surface area is 268 Å². The summed E-state index contributed by atoms with van der Waals surface area (Å²) < 4.78 is 34.9. The number of hydrogen-bond donors (Lipinski definition) is 0.